The number of methoxy groups -OCH3 is 1. The Morgan fingerprint density at radius 1 is 0.920 bits per heavy atom. The smallest absolute Gasteiger partial charge is 0.337 e. The zero-order valence-corrected chi connectivity index (χ0v) is 14.2. The standard InChI is InChI=1S/C19H20N2O4/c1-20-17(22)12-5-13-3-10-16(11-4-13)21-18(23)14-6-8-15(9-7-14)19(24)25-2/h3-4,6-11H,5,12H2,1-2H3,(H,20,22)(H,21,23). The van der Waals surface area contributed by atoms with Crippen molar-refractivity contribution >= 4 is 23.5 Å². The van der Waals surface area contributed by atoms with Crippen LogP contribution < -0.4 is 10.6 Å². The van der Waals surface area contributed by atoms with Gasteiger partial charge in [-0.05, 0) is 48.4 Å². The second-order valence-electron chi connectivity index (χ2n) is 5.39. The lowest BCUT2D eigenvalue weighted by atomic mass is 10.1. The minimum absolute atomic E-state index is 0.00668. The predicted octanol–water partition coefficient (Wildman–Crippen LogP) is 2.40. The molecule has 0 heterocycles. The fourth-order valence-electron chi connectivity index (χ4n) is 2.22. The van der Waals surface area contributed by atoms with Crippen LogP contribution in [0.2, 0.25) is 0 Å². The summed E-state index contributed by atoms with van der Waals surface area (Å²) in [6, 6.07) is 13.6. The minimum Gasteiger partial charge on any atom is -0.465 e. The number of ether oxygens (including phenoxy) is 1. The molecular formula is C19H20N2O4. The van der Waals surface area contributed by atoms with Crippen molar-refractivity contribution < 1.29 is 19.1 Å². The Hall–Kier alpha value is -3.15. The molecule has 0 aliphatic heterocycles. The van der Waals surface area contributed by atoms with Gasteiger partial charge in [0.1, 0.15) is 0 Å². The van der Waals surface area contributed by atoms with E-state index < -0.39 is 5.97 Å². The largest absolute Gasteiger partial charge is 0.465 e. The highest BCUT2D eigenvalue weighted by atomic mass is 16.5. The Kier molecular flexibility index (Phi) is 6.28. The Morgan fingerprint density at radius 3 is 2.08 bits per heavy atom. The summed E-state index contributed by atoms with van der Waals surface area (Å²) in [5.41, 5.74) is 2.51. The quantitative estimate of drug-likeness (QED) is 0.791. The number of amides is 2. The summed E-state index contributed by atoms with van der Waals surface area (Å²) < 4.78 is 4.62. The van der Waals surface area contributed by atoms with E-state index in [0.717, 1.165) is 5.56 Å². The second-order valence-corrected chi connectivity index (χ2v) is 5.39. The van der Waals surface area contributed by atoms with Crippen molar-refractivity contribution in [2.24, 2.45) is 0 Å². The van der Waals surface area contributed by atoms with Crippen LogP contribution in [0.15, 0.2) is 48.5 Å². The molecule has 6 nitrogen and oxygen atoms in total. The van der Waals surface area contributed by atoms with E-state index >= 15 is 0 Å². The molecule has 6 heteroatoms. The van der Waals surface area contributed by atoms with Gasteiger partial charge in [0, 0.05) is 24.7 Å². The number of esters is 1. The van der Waals surface area contributed by atoms with E-state index in [1.165, 1.54) is 7.11 Å². The summed E-state index contributed by atoms with van der Waals surface area (Å²) in [7, 11) is 2.92. The molecule has 0 fully saturated rings. The molecule has 0 unspecified atom stereocenters. The zero-order valence-electron chi connectivity index (χ0n) is 14.2. The van der Waals surface area contributed by atoms with E-state index in [1.807, 2.05) is 12.1 Å². The molecule has 2 N–H and O–H groups in total. The van der Waals surface area contributed by atoms with Gasteiger partial charge in [-0.25, -0.2) is 4.79 Å². The van der Waals surface area contributed by atoms with Crippen molar-refractivity contribution in [2.75, 3.05) is 19.5 Å². The van der Waals surface area contributed by atoms with E-state index in [4.69, 9.17) is 0 Å². The van der Waals surface area contributed by atoms with Gasteiger partial charge in [-0.15, -0.1) is 0 Å². The Balaban J connectivity index is 1.96. The number of hydrogen-bond donors (Lipinski definition) is 2. The third-order valence-corrected chi connectivity index (χ3v) is 3.70. The van der Waals surface area contributed by atoms with E-state index in [1.54, 1.807) is 43.4 Å². The van der Waals surface area contributed by atoms with Crippen molar-refractivity contribution in [3.63, 3.8) is 0 Å². The molecule has 25 heavy (non-hydrogen) atoms. The van der Waals surface area contributed by atoms with Crippen LogP contribution in [0.5, 0.6) is 0 Å². The molecule has 130 valence electrons. The lowest BCUT2D eigenvalue weighted by Crippen LogP contribution is -2.17. The van der Waals surface area contributed by atoms with Crippen molar-refractivity contribution in [3.05, 3.63) is 65.2 Å². The monoisotopic (exact) mass is 340 g/mol. The maximum Gasteiger partial charge on any atom is 0.337 e. The molecule has 0 atom stereocenters. The van der Waals surface area contributed by atoms with Crippen LogP contribution in [0.25, 0.3) is 0 Å². The van der Waals surface area contributed by atoms with E-state index in [2.05, 4.69) is 15.4 Å². The van der Waals surface area contributed by atoms with Crippen molar-refractivity contribution in [1.82, 2.24) is 5.32 Å². The molecule has 0 saturated heterocycles. The topological polar surface area (TPSA) is 84.5 Å². The molecule has 0 radical (unpaired) electrons. The molecule has 0 bridgehead atoms. The third-order valence-electron chi connectivity index (χ3n) is 3.70. The highest BCUT2D eigenvalue weighted by Crippen LogP contribution is 2.13. The molecule has 0 aromatic heterocycles. The van der Waals surface area contributed by atoms with Crippen molar-refractivity contribution in [1.29, 1.82) is 0 Å². The maximum atomic E-state index is 12.2. The number of carbonyl (C=O) groups is 3. The lowest BCUT2D eigenvalue weighted by molar-refractivity contribution is -0.120. The summed E-state index contributed by atoms with van der Waals surface area (Å²) in [4.78, 5) is 34.9. The first-order valence-corrected chi connectivity index (χ1v) is 7.82. The number of anilines is 1. The molecule has 2 aromatic carbocycles. The van der Waals surface area contributed by atoms with Crippen LogP contribution >= 0.6 is 0 Å². The van der Waals surface area contributed by atoms with Crippen LogP contribution in [0.3, 0.4) is 0 Å². The molecule has 0 saturated carbocycles. The Labute approximate surface area is 146 Å². The fourth-order valence-corrected chi connectivity index (χ4v) is 2.22. The fraction of sp³-hybridized carbons (Fsp3) is 0.211. The second kappa shape index (κ2) is 8.63. The van der Waals surface area contributed by atoms with Crippen LogP contribution in [0, 0.1) is 0 Å². The van der Waals surface area contributed by atoms with Gasteiger partial charge in [0.05, 0.1) is 12.7 Å². The summed E-state index contributed by atoms with van der Waals surface area (Å²) in [5.74, 6) is -0.721. The molecule has 2 aromatic rings. The van der Waals surface area contributed by atoms with Crippen LogP contribution in [0.4, 0.5) is 5.69 Å². The first kappa shape index (κ1) is 18.2. The molecule has 0 aliphatic carbocycles. The maximum absolute atomic E-state index is 12.2. The summed E-state index contributed by atoms with van der Waals surface area (Å²) in [5, 5.41) is 5.37. The number of aryl methyl sites for hydroxylation is 1. The molecule has 0 spiro atoms. The number of rotatable bonds is 6. The Bertz CT molecular complexity index is 752. The summed E-state index contributed by atoms with van der Waals surface area (Å²) >= 11 is 0. The molecule has 0 aliphatic rings. The number of benzene rings is 2. The SMILES string of the molecule is CNC(=O)CCc1ccc(NC(=O)c2ccc(C(=O)OC)cc2)cc1. The van der Waals surface area contributed by atoms with E-state index in [-0.39, 0.29) is 11.8 Å². The van der Waals surface area contributed by atoms with Gasteiger partial charge >= 0.3 is 5.97 Å². The summed E-state index contributed by atoms with van der Waals surface area (Å²) in [6.45, 7) is 0. The van der Waals surface area contributed by atoms with Crippen molar-refractivity contribution in [2.45, 2.75) is 12.8 Å². The lowest BCUT2D eigenvalue weighted by Gasteiger charge is -2.07. The first-order chi connectivity index (χ1) is 12.0. The molecule has 2 rings (SSSR count). The van der Waals surface area contributed by atoms with Crippen LogP contribution in [0.1, 0.15) is 32.7 Å². The zero-order chi connectivity index (χ0) is 18.2. The average molecular weight is 340 g/mol. The predicted molar refractivity (Wildman–Crippen MR) is 94.6 cm³/mol. The van der Waals surface area contributed by atoms with Gasteiger partial charge in [0.2, 0.25) is 5.91 Å². The average Bonchev–Trinajstić information content (AvgIpc) is 2.66. The first-order valence-electron chi connectivity index (χ1n) is 7.82. The molecule has 2 amide bonds. The third kappa shape index (κ3) is 5.17. The Morgan fingerprint density at radius 2 is 1.52 bits per heavy atom. The van der Waals surface area contributed by atoms with Gasteiger partial charge in [0.25, 0.3) is 5.91 Å². The van der Waals surface area contributed by atoms with Gasteiger partial charge in [-0.1, -0.05) is 12.1 Å². The van der Waals surface area contributed by atoms with Crippen molar-refractivity contribution in [3.8, 4) is 0 Å². The van der Waals surface area contributed by atoms with Gasteiger partial charge in [-0.3, -0.25) is 9.59 Å². The number of hydrogen-bond acceptors (Lipinski definition) is 4. The van der Waals surface area contributed by atoms with Crippen LogP contribution in [-0.2, 0) is 16.0 Å². The highest BCUT2D eigenvalue weighted by Gasteiger charge is 2.09. The highest BCUT2D eigenvalue weighted by molar-refractivity contribution is 6.04. The van der Waals surface area contributed by atoms with Crippen LogP contribution in [-0.4, -0.2) is 31.9 Å². The molecular weight excluding hydrogens is 320 g/mol. The van der Waals surface area contributed by atoms with Gasteiger partial charge in [-0.2, -0.15) is 0 Å². The minimum atomic E-state index is -0.445. The number of nitrogens with one attached hydrogen (secondary N) is 2. The summed E-state index contributed by atoms with van der Waals surface area (Å²) in [6.07, 6.45) is 1.07. The normalized spacial score (nSPS) is 10.0. The van der Waals surface area contributed by atoms with E-state index in [9.17, 15) is 14.4 Å². The number of carbonyl (C=O) groups excluding carboxylic acids is 3. The van der Waals surface area contributed by atoms with Gasteiger partial charge in [0.15, 0.2) is 0 Å². The van der Waals surface area contributed by atoms with Gasteiger partial charge < -0.3 is 15.4 Å². The van der Waals surface area contributed by atoms with E-state index in [0.29, 0.717) is 29.7 Å².